The van der Waals surface area contributed by atoms with E-state index in [-0.39, 0.29) is 18.0 Å². The second-order valence-electron chi connectivity index (χ2n) is 5.23. The monoisotopic (exact) mass is 327 g/mol. The molecule has 0 aliphatic rings. The Hall–Kier alpha value is -1.27. The molecule has 6 heteroatoms. The summed E-state index contributed by atoms with van der Waals surface area (Å²) in [6.07, 6.45) is 0. The van der Waals surface area contributed by atoms with Crippen LogP contribution in [0.3, 0.4) is 0 Å². The van der Waals surface area contributed by atoms with Gasteiger partial charge in [0.15, 0.2) is 11.6 Å². The fraction of sp³-hybridized carbons (Fsp3) is 0.385. The normalized spacial score (nSPS) is 11.9. The van der Waals surface area contributed by atoms with Gasteiger partial charge in [-0.05, 0) is 39.0 Å². The molecule has 1 N–H and O–H groups in total. The Morgan fingerprint density at radius 3 is 2.58 bits per heavy atom. The summed E-state index contributed by atoms with van der Waals surface area (Å²) in [6.45, 7) is 5.62. The number of nitrogens with zero attached hydrogens (tertiary/aromatic N) is 3. The maximum Gasteiger partial charge on any atom is 0.167 e. The summed E-state index contributed by atoms with van der Waals surface area (Å²) in [7, 11) is 0. The van der Waals surface area contributed by atoms with Crippen LogP contribution in [0, 0.1) is 5.82 Å². The predicted octanol–water partition coefficient (Wildman–Crippen LogP) is 3.09. The molecule has 0 saturated carbocycles. The molecule has 2 aromatic rings. The van der Waals surface area contributed by atoms with Crippen molar-refractivity contribution in [1.29, 1.82) is 0 Å². The largest absolute Gasteiger partial charge is 0.388 e. The highest BCUT2D eigenvalue weighted by atomic mass is 79.9. The SMILES string of the molecule is CC(C)(C)n1c(CO)nnc1-c1cc(Br)ccc1F. The smallest absolute Gasteiger partial charge is 0.167 e. The minimum Gasteiger partial charge on any atom is -0.388 e. The number of halogens is 2. The van der Waals surface area contributed by atoms with Crippen molar-refractivity contribution >= 4 is 15.9 Å². The summed E-state index contributed by atoms with van der Waals surface area (Å²) >= 11 is 3.32. The van der Waals surface area contributed by atoms with E-state index in [4.69, 9.17) is 0 Å². The van der Waals surface area contributed by atoms with Crippen LogP contribution in [-0.2, 0) is 12.1 Å². The van der Waals surface area contributed by atoms with Crippen molar-refractivity contribution < 1.29 is 9.50 Å². The van der Waals surface area contributed by atoms with Crippen molar-refractivity contribution in [2.45, 2.75) is 32.9 Å². The second kappa shape index (κ2) is 5.02. The van der Waals surface area contributed by atoms with Crippen LogP contribution in [0.2, 0.25) is 0 Å². The zero-order valence-corrected chi connectivity index (χ0v) is 12.6. The summed E-state index contributed by atoms with van der Waals surface area (Å²) in [5.41, 5.74) is 0.00237. The molecule has 0 bridgehead atoms. The molecule has 1 aromatic heterocycles. The van der Waals surface area contributed by atoms with Crippen molar-refractivity contribution in [2.24, 2.45) is 0 Å². The molecule has 19 heavy (non-hydrogen) atoms. The van der Waals surface area contributed by atoms with Crippen molar-refractivity contribution in [3.05, 3.63) is 34.3 Å². The lowest BCUT2D eigenvalue weighted by atomic mass is 10.1. The first-order valence-corrected chi connectivity index (χ1v) is 6.65. The van der Waals surface area contributed by atoms with Gasteiger partial charge in [0.25, 0.3) is 0 Å². The third-order valence-corrected chi connectivity index (χ3v) is 3.20. The Bertz CT molecular complexity index is 604. The number of aliphatic hydroxyl groups is 1. The van der Waals surface area contributed by atoms with Crippen LogP contribution in [0.15, 0.2) is 22.7 Å². The Morgan fingerprint density at radius 2 is 2.00 bits per heavy atom. The highest BCUT2D eigenvalue weighted by Gasteiger charge is 2.25. The molecule has 0 unspecified atom stereocenters. The average Bonchev–Trinajstić information content (AvgIpc) is 2.75. The van der Waals surface area contributed by atoms with Crippen molar-refractivity contribution in [3.8, 4) is 11.4 Å². The highest BCUT2D eigenvalue weighted by Crippen LogP contribution is 2.29. The van der Waals surface area contributed by atoms with E-state index in [1.165, 1.54) is 6.07 Å². The summed E-state index contributed by atoms with van der Waals surface area (Å²) in [5.74, 6) is 0.461. The Kier molecular flexibility index (Phi) is 3.73. The minimum atomic E-state index is -0.370. The van der Waals surface area contributed by atoms with E-state index in [0.29, 0.717) is 17.2 Å². The summed E-state index contributed by atoms with van der Waals surface area (Å²) < 4.78 is 16.5. The molecule has 2 rings (SSSR count). The molecule has 0 amide bonds. The zero-order valence-electron chi connectivity index (χ0n) is 11.0. The van der Waals surface area contributed by atoms with Crippen molar-refractivity contribution in [2.75, 3.05) is 0 Å². The Labute approximate surface area is 119 Å². The molecule has 0 aliphatic carbocycles. The van der Waals surface area contributed by atoms with Gasteiger partial charge in [-0.2, -0.15) is 0 Å². The lowest BCUT2D eigenvalue weighted by molar-refractivity contribution is 0.250. The number of aromatic nitrogens is 3. The molecule has 0 spiro atoms. The fourth-order valence-electron chi connectivity index (χ4n) is 1.97. The fourth-order valence-corrected chi connectivity index (χ4v) is 2.33. The molecular weight excluding hydrogens is 313 g/mol. The third-order valence-electron chi connectivity index (χ3n) is 2.71. The highest BCUT2D eigenvalue weighted by molar-refractivity contribution is 9.10. The standard InChI is InChI=1S/C13H15BrFN3O/c1-13(2,3)18-11(7-19)16-17-12(18)9-6-8(14)4-5-10(9)15/h4-6,19H,7H2,1-3H3. The molecule has 1 aromatic carbocycles. The van der Waals surface area contributed by atoms with E-state index in [1.54, 1.807) is 16.7 Å². The quantitative estimate of drug-likeness (QED) is 0.922. The van der Waals surface area contributed by atoms with E-state index >= 15 is 0 Å². The Morgan fingerprint density at radius 1 is 1.32 bits per heavy atom. The number of rotatable bonds is 2. The second-order valence-corrected chi connectivity index (χ2v) is 6.14. The maximum absolute atomic E-state index is 14.0. The summed E-state index contributed by atoms with van der Waals surface area (Å²) in [4.78, 5) is 0. The van der Waals surface area contributed by atoms with Crippen LogP contribution in [-0.4, -0.2) is 19.9 Å². The topological polar surface area (TPSA) is 50.9 Å². The predicted molar refractivity (Wildman–Crippen MR) is 74.0 cm³/mol. The summed E-state index contributed by atoms with van der Waals surface area (Å²) in [5, 5.41) is 17.3. The lowest BCUT2D eigenvalue weighted by Crippen LogP contribution is -2.25. The van der Waals surface area contributed by atoms with Gasteiger partial charge in [-0.15, -0.1) is 10.2 Å². The molecule has 102 valence electrons. The molecular formula is C13H15BrFN3O. The van der Waals surface area contributed by atoms with E-state index in [9.17, 15) is 9.50 Å². The van der Waals surface area contributed by atoms with Crippen LogP contribution in [0.5, 0.6) is 0 Å². The van der Waals surface area contributed by atoms with Gasteiger partial charge in [0.05, 0.1) is 5.56 Å². The van der Waals surface area contributed by atoms with Crippen LogP contribution in [0.4, 0.5) is 4.39 Å². The molecule has 4 nitrogen and oxygen atoms in total. The summed E-state index contributed by atoms with van der Waals surface area (Å²) in [6, 6.07) is 4.66. The number of hydrogen-bond donors (Lipinski definition) is 1. The van der Waals surface area contributed by atoms with Gasteiger partial charge >= 0.3 is 0 Å². The van der Waals surface area contributed by atoms with E-state index in [2.05, 4.69) is 26.1 Å². The molecule has 0 saturated heterocycles. The molecule has 0 aliphatic heterocycles. The average molecular weight is 328 g/mol. The first-order chi connectivity index (χ1) is 8.84. The van der Waals surface area contributed by atoms with E-state index in [1.807, 2.05) is 20.8 Å². The number of hydrogen-bond acceptors (Lipinski definition) is 3. The molecule has 0 fully saturated rings. The maximum atomic E-state index is 14.0. The third kappa shape index (κ3) is 2.69. The van der Waals surface area contributed by atoms with E-state index < -0.39 is 0 Å². The van der Waals surface area contributed by atoms with Crippen LogP contribution in [0.1, 0.15) is 26.6 Å². The minimum absolute atomic E-state index is 0.236. The van der Waals surface area contributed by atoms with E-state index in [0.717, 1.165) is 4.47 Å². The van der Waals surface area contributed by atoms with Crippen molar-refractivity contribution in [3.63, 3.8) is 0 Å². The first kappa shape index (κ1) is 14.1. The van der Waals surface area contributed by atoms with Gasteiger partial charge in [-0.25, -0.2) is 4.39 Å². The van der Waals surface area contributed by atoms with Crippen LogP contribution in [0.25, 0.3) is 11.4 Å². The number of aliphatic hydroxyl groups excluding tert-OH is 1. The van der Waals surface area contributed by atoms with Gasteiger partial charge in [0, 0.05) is 10.0 Å². The zero-order chi connectivity index (χ0) is 14.2. The van der Waals surface area contributed by atoms with Crippen LogP contribution >= 0.6 is 15.9 Å². The van der Waals surface area contributed by atoms with Gasteiger partial charge in [-0.3, -0.25) is 0 Å². The molecule has 1 heterocycles. The number of benzene rings is 1. The van der Waals surface area contributed by atoms with Gasteiger partial charge in [-0.1, -0.05) is 15.9 Å². The lowest BCUT2D eigenvalue weighted by Gasteiger charge is -2.24. The van der Waals surface area contributed by atoms with Crippen LogP contribution < -0.4 is 0 Å². The van der Waals surface area contributed by atoms with Crippen molar-refractivity contribution in [1.82, 2.24) is 14.8 Å². The Balaban J connectivity index is 2.69. The van der Waals surface area contributed by atoms with Gasteiger partial charge in [0.1, 0.15) is 12.4 Å². The van der Waals surface area contributed by atoms with Gasteiger partial charge < -0.3 is 9.67 Å². The first-order valence-electron chi connectivity index (χ1n) is 5.85. The molecule has 0 radical (unpaired) electrons. The van der Waals surface area contributed by atoms with Gasteiger partial charge in [0.2, 0.25) is 0 Å². The molecule has 0 atom stereocenters.